The average Bonchev–Trinajstić information content (AvgIpc) is 3.42. The minimum absolute atomic E-state index is 0.122. The van der Waals surface area contributed by atoms with Gasteiger partial charge >= 0.3 is 6.03 Å². The number of carbonyl (C=O) groups is 1. The number of amides is 2. The van der Waals surface area contributed by atoms with Crippen LogP contribution in [0.2, 0.25) is 0 Å². The summed E-state index contributed by atoms with van der Waals surface area (Å²) in [5.74, 6) is 2.59. The van der Waals surface area contributed by atoms with E-state index in [4.69, 9.17) is 5.73 Å². The van der Waals surface area contributed by atoms with Crippen molar-refractivity contribution in [2.24, 2.45) is 5.92 Å². The maximum atomic E-state index is 14.7. The molecular weight excluding hydrogens is 364 g/mol. The number of benzene rings is 1. The van der Waals surface area contributed by atoms with Crippen LogP contribution in [0.15, 0.2) is 30.5 Å². The number of anilines is 2. The minimum Gasteiger partial charge on any atom is -0.368 e. The second kappa shape index (κ2) is 6.44. The highest BCUT2D eigenvalue weighted by Crippen LogP contribution is 2.43. The van der Waals surface area contributed by atoms with Gasteiger partial charge in [0.15, 0.2) is 5.54 Å². The number of nitrogens with one attached hydrogen (secondary N) is 2. The van der Waals surface area contributed by atoms with Crippen LogP contribution in [0.3, 0.4) is 0 Å². The van der Waals surface area contributed by atoms with Crippen LogP contribution in [0.1, 0.15) is 36.6 Å². The van der Waals surface area contributed by atoms with Gasteiger partial charge in [-0.25, -0.2) is 23.5 Å². The maximum absolute atomic E-state index is 14.7. The maximum Gasteiger partial charge on any atom is 0.320 e. The summed E-state index contributed by atoms with van der Waals surface area (Å²) in [6.07, 6.45) is 3.78. The molecule has 2 aromatic rings. The zero-order chi connectivity index (χ0) is 19.9. The first-order valence-electron chi connectivity index (χ1n) is 8.97. The molecule has 1 atom stereocenters. The Balaban J connectivity index is 1.76. The molecule has 0 spiro atoms. The van der Waals surface area contributed by atoms with E-state index in [0.29, 0.717) is 17.8 Å². The predicted octanol–water partition coefficient (Wildman–Crippen LogP) is 3.05. The first-order chi connectivity index (χ1) is 13.3. The van der Waals surface area contributed by atoms with E-state index in [1.54, 1.807) is 30.5 Å². The molecule has 0 bridgehead atoms. The Morgan fingerprint density at radius 3 is 2.82 bits per heavy atom. The van der Waals surface area contributed by atoms with Crippen LogP contribution < -0.4 is 16.4 Å². The predicted molar refractivity (Wildman–Crippen MR) is 101 cm³/mol. The lowest BCUT2D eigenvalue weighted by molar-refractivity contribution is -0.0464. The quantitative estimate of drug-likeness (QED) is 0.711. The van der Waals surface area contributed by atoms with Crippen molar-refractivity contribution in [2.75, 3.05) is 11.1 Å². The molecule has 0 unspecified atom stereocenters. The summed E-state index contributed by atoms with van der Waals surface area (Å²) in [5.41, 5.74) is 5.58. The molecule has 28 heavy (non-hydrogen) atoms. The third kappa shape index (κ3) is 3.36. The molecule has 2 amide bonds. The summed E-state index contributed by atoms with van der Waals surface area (Å²) >= 11 is 0. The van der Waals surface area contributed by atoms with Crippen LogP contribution in [-0.2, 0) is 12.0 Å². The molecule has 8 heteroatoms. The number of nitrogens with zero attached hydrogens (tertiary/aromatic N) is 2. The van der Waals surface area contributed by atoms with E-state index in [2.05, 4.69) is 32.4 Å². The van der Waals surface area contributed by atoms with E-state index < -0.39 is 17.5 Å². The van der Waals surface area contributed by atoms with Gasteiger partial charge in [-0.2, -0.15) is 0 Å². The molecule has 0 saturated heterocycles. The van der Waals surface area contributed by atoms with Crippen molar-refractivity contribution in [1.82, 2.24) is 15.3 Å². The standard InChI is InChI=1S/C20H19F2N5O/c1-19(21,22)20(8-6-12-2-3-12)15-5-4-13(11-16(15)26-18(28)27-20)10-14-7-9-24-17(23)25-14/h4-5,7,9,11-12H,2-3,10H2,1H3,(H2,23,24,25)(H2,26,27,28)/t20-/m0/s1. The number of carbonyl (C=O) groups excluding carboxylic acids is 1. The monoisotopic (exact) mass is 383 g/mol. The lowest BCUT2D eigenvalue weighted by atomic mass is 9.81. The van der Waals surface area contributed by atoms with E-state index in [9.17, 15) is 13.6 Å². The Morgan fingerprint density at radius 1 is 1.36 bits per heavy atom. The van der Waals surface area contributed by atoms with Gasteiger partial charge in [-0.1, -0.05) is 24.0 Å². The normalized spacial score (nSPS) is 21.0. The summed E-state index contributed by atoms with van der Waals surface area (Å²) < 4.78 is 29.4. The van der Waals surface area contributed by atoms with Crippen molar-refractivity contribution >= 4 is 17.7 Å². The van der Waals surface area contributed by atoms with E-state index in [1.807, 2.05) is 0 Å². The zero-order valence-corrected chi connectivity index (χ0v) is 15.2. The number of aromatic nitrogens is 2. The lowest BCUT2D eigenvalue weighted by Gasteiger charge is -2.40. The molecule has 6 nitrogen and oxygen atoms in total. The highest BCUT2D eigenvalue weighted by atomic mass is 19.3. The number of hydrogen-bond donors (Lipinski definition) is 3. The van der Waals surface area contributed by atoms with Crippen molar-refractivity contribution < 1.29 is 13.6 Å². The first-order valence-corrected chi connectivity index (χ1v) is 8.97. The number of rotatable bonds is 3. The second-order valence-electron chi connectivity index (χ2n) is 7.22. The molecule has 2 aliphatic rings. The van der Waals surface area contributed by atoms with Gasteiger partial charge in [-0.15, -0.1) is 0 Å². The molecule has 1 aromatic heterocycles. The van der Waals surface area contributed by atoms with Gasteiger partial charge in [0.05, 0.1) is 5.69 Å². The molecule has 1 aliphatic heterocycles. The summed E-state index contributed by atoms with van der Waals surface area (Å²) in [6, 6.07) is 6.01. The summed E-state index contributed by atoms with van der Waals surface area (Å²) in [6.45, 7) is 0.779. The Kier molecular flexibility index (Phi) is 4.18. The van der Waals surface area contributed by atoms with Crippen LogP contribution in [-0.4, -0.2) is 21.9 Å². The van der Waals surface area contributed by atoms with Crippen LogP contribution in [0.4, 0.5) is 25.2 Å². The van der Waals surface area contributed by atoms with Crippen molar-refractivity contribution in [2.45, 2.75) is 37.6 Å². The zero-order valence-electron chi connectivity index (χ0n) is 15.2. The molecule has 1 fully saturated rings. The molecule has 0 radical (unpaired) electrons. The fraction of sp³-hybridized carbons (Fsp3) is 0.350. The van der Waals surface area contributed by atoms with E-state index in [1.165, 1.54) is 0 Å². The van der Waals surface area contributed by atoms with Crippen molar-refractivity contribution in [1.29, 1.82) is 0 Å². The number of hydrogen-bond acceptors (Lipinski definition) is 4. The van der Waals surface area contributed by atoms with Gasteiger partial charge < -0.3 is 16.4 Å². The molecule has 144 valence electrons. The fourth-order valence-corrected chi connectivity index (χ4v) is 3.24. The number of fused-ring (bicyclic) bond motifs is 1. The fourth-order valence-electron chi connectivity index (χ4n) is 3.24. The molecule has 1 saturated carbocycles. The van der Waals surface area contributed by atoms with Crippen LogP contribution in [0.25, 0.3) is 0 Å². The van der Waals surface area contributed by atoms with Crippen LogP contribution in [0.5, 0.6) is 0 Å². The van der Waals surface area contributed by atoms with Crippen LogP contribution in [0, 0.1) is 17.8 Å². The number of nitrogens with two attached hydrogens (primary N) is 1. The van der Waals surface area contributed by atoms with E-state index in [-0.39, 0.29) is 17.4 Å². The van der Waals surface area contributed by atoms with Crippen molar-refractivity contribution in [3.8, 4) is 11.8 Å². The Bertz CT molecular complexity index is 1000. The van der Waals surface area contributed by atoms with E-state index >= 15 is 0 Å². The molecular formula is C20H19F2N5O. The van der Waals surface area contributed by atoms with E-state index in [0.717, 1.165) is 25.3 Å². The van der Waals surface area contributed by atoms with Gasteiger partial charge in [0.2, 0.25) is 5.95 Å². The van der Waals surface area contributed by atoms with Crippen molar-refractivity contribution in [3.05, 3.63) is 47.3 Å². The minimum atomic E-state index is -3.27. The lowest BCUT2D eigenvalue weighted by Crippen LogP contribution is -2.59. The van der Waals surface area contributed by atoms with Gasteiger partial charge in [0.1, 0.15) is 0 Å². The van der Waals surface area contributed by atoms with Crippen LogP contribution >= 0.6 is 0 Å². The highest BCUT2D eigenvalue weighted by molar-refractivity contribution is 5.95. The SMILES string of the molecule is CC(F)(F)[C@@]1(C#CC2CC2)NC(=O)Nc2cc(Cc3ccnc(N)n3)ccc21. The third-order valence-electron chi connectivity index (χ3n) is 4.85. The highest BCUT2D eigenvalue weighted by Gasteiger charge is 2.55. The van der Waals surface area contributed by atoms with Gasteiger partial charge in [-0.3, -0.25) is 0 Å². The van der Waals surface area contributed by atoms with Gasteiger partial charge in [0.25, 0.3) is 5.92 Å². The number of halogens is 2. The summed E-state index contributed by atoms with van der Waals surface area (Å²) in [7, 11) is 0. The van der Waals surface area contributed by atoms with Gasteiger partial charge in [-0.05, 0) is 30.5 Å². The van der Waals surface area contributed by atoms with Gasteiger partial charge in [0, 0.05) is 36.7 Å². The second-order valence-corrected chi connectivity index (χ2v) is 7.22. The number of urea groups is 1. The average molecular weight is 383 g/mol. The van der Waals surface area contributed by atoms with Crippen molar-refractivity contribution in [3.63, 3.8) is 0 Å². The molecule has 4 N–H and O–H groups in total. The molecule has 2 heterocycles. The Morgan fingerprint density at radius 2 is 2.14 bits per heavy atom. The first kappa shape index (κ1) is 18.2. The smallest absolute Gasteiger partial charge is 0.320 e. The molecule has 1 aromatic carbocycles. The number of alkyl halides is 2. The molecule has 4 rings (SSSR count). The Hall–Kier alpha value is -3.21. The third-order valence-corrected chi connectivity index (χ3v) is 4.85. The summed E-state index contributed by atoms with van der Waals surface area (Å²) in [5, 5.41) is 4.99. The Labute approximate surface area is 160 Å². The summed E-state index contributed by atoms with van der Waals surface area (Å²) in [4.78, 5) is 20.2. The topological polar surface area (TPSA) is 92.9 Å². The number of nitrogen functional groups attached to an aromatic ring is 1. The largest absolute Gasteiger partial charge is 0.368 e. The molecule has 1 aliphatic carbocycles.